The third-order valence-electron chi connectivity index (χ3n) is 1.82. The Morgan fingerprint density at radius 3 is 2.53 bits per heavy atom. The molecule has 1 rings (SSSR count). The summed E-state index contributed by atoms with van der Waals surface area (Å²) in [4.78, 5) is 0. The fraction of sp³-hybridized carbons (Fsp3) is 0.300. The first-order valence-electron chi connectivity index (χ1n) is 4.32. The highest BCUT2D eigenvalue weighted by Gasteiger charge is 2.32. The van der Waals surface area contributed by atoms with Gasteiger partial charge in [0.15, 0.2) is 6.79 Å². The smallest absolute Gasteiger partial charge is 0.416 e. The summed E-state index contributed by atoms with van der Waals surface area (Å²) < 4.78 is 47.5. The van der Waals surface area contributed by atoms with E-state index >= 15 is 0 Å². The van der Waals surface area contributed by atoms with E-state index in [1.807, 2.05) is 0 Å². The van der Waals surface area contributed by atoms with E-state index in [-0.39, 0.29) is 18.1 Å². The van der Waals surface area contributed by atoms with E-state index in [0.717, 1.165) is 12.1 Å². The maximum absolute atomic E-state index is 12.5. The number of hydrogen-bond donors (Lipinski definition) is 0. The molecule has 0 N–H and O–H groups in total. The second-order valence-electron chi connectivity index (χ2n) is 3.00. The number of rotatable bonds is 3. The van der Waals surface area contributed by atoms with Gasteiger partial charge in [-0.05, 0) is 34.7 Å². The van der Waals surface area contributed by atoms with Crippen LogP contribution in [-0.4, -0.2) is 13.9 Å². The van der Waals surface area contributed by atoms with E-state index < -0.39 is 11.7 Å². The van der Waals surface area contributed by atoms with Crippen LogP contribution in [0.1, 0.15) is 11.1 Å². The topological polar surface area (TPSA) is 42.2 Å². The van der Waals surface area contributed by atoms with Crippen LogP contribution in [0.2, 0.25) is 0 Å². The van der Waals surface area contributed by atoms with E-state index in [0.29, 0.717) is 3.57 Å². The Labute approximate surface area is 109 Å². The molecule has 0 bridgehead atoms. The average Bonchev–Trinajstić information content (AvgIpc) is 2.26. The van der Waals surface area contributed by atoms with Gasteiger partial charge in [0.2, 0.25) is 0 Å². The zero-order valence-corrected chi connectivity index (χ0v) is 10.8. The summed E-state index contributed by atoms with van der Waals surface area (Å²) in [7, 11) is 1.35. The van der Waals surface area contributed by atoms with Gasteiger partial charge in [-0.1, -0.05) is 0 Å². The minimum absolute atomic E-state index is 0.0150. The summed E-state index contributed by atoms with van der Waals surface area (Å²) in [6, 6.07) is 3.34. The van der Waals surface area contributed by atoms with Crippen molar-refractivity contribution in [3.05, 3.63) is 26.8 Å². The van der Waals surface area contributed by atoms with Crippen molar-refractivity contribution in [3.63, 3.8) is 0 Å². The Balaban J connectivity index is 3.25. The van der Waals surface area contributed by atoms with Gasteiger partial charge in [0.1, 0.15) is 11.8 Å². The highest BCUT2D eigenvalue weighted by Crippen LogP contribution is 2.35. The molecule has 92 valence electrons. The summed E-state index contributed by atoms with van der Waals surface area (Å²) >= 11 is 1.76. The van der Waals surface area contributed by atoms with Crippen molar-refractivity contribution in [2.45, 2.75) is 6.18 Å². The number of benzene rings is 1. The Bertz CT molecular complexity index is 454. The molecule has 17 heavy (non-hydrogen) atoms. The predicted octanol–water partition coefficient (Wildman–Crippen LogP) is 3.16. The highest BCUT2D eigenvalue weighted by molar-refractivity contribution is 14.1. The number of hydrogen-bond acceptors (Lipinski definition) is 3. The van der Waals surface area contributed by atoms with Crippen molar-refractivity contribution in [1.29, 1.82) is 5.26 Å². The first-order chi connectivity index (χ1) is 7.90. The van der Waals surface area contributed by atoms with Crippen LogP contribution in [0.3, 0.4) is 0 Å². The van der Waals surface area contributed by atoms with Gasteiger partial charge in [-0.3, -0.25) is 0 Å². The summed E-state index contributed by atoms with van der Waals surface area (Å²) in [5, 5.41) is 8.75. The van der Waals surface area contributed by atoms with E-state index in [2.05, 4.69) is 4.74 Å². The lowest BCUT2D eigenvalue weighted by molar-refractivity contribution is -0.137. The van der Waals surface area contributed by atoms with Gasteiger partial charge < -0.3 is 9.47 Å². The molecule has 0 saturated carbocycles. The summed E-state index contributed by atoms with van der Waals surface area (Å²) in [5.74, 6) is -0.0150. The molecule has 0 unspecified atom stereocenters. The van der Waals surface area contributed by atoms with Gasteiger partial charge in [0.05, 0.1) is 14.7 Å². The number of nitriles is 1. The van der Waals surface area contributed by atoms with E-state index in [1.165, 1.54) is 7.11 Å². The summed E-state index contributed by atoms with van der Waals surface area (Å²) in [5.41, 5.74) is -0.993. The number of methoxy groups -OCH3 is 1. The maximum Gasteiger partial charge on any atom is 0.416 e. The van der Waals surface area contributed by atoms with Crippen LogP contribution in [-0.2, 0) is 10.9 Å². The Morgan fingerprint density at radius 1 is 1.41 bits per heavy atom. The molecule has 0 aliphatic rings. The third-order valence-corrected chi connectivity index (χ3v) is 2.93. The molecular weight excluding hydrogens is 350 g/mol. The van der Waals surface area contributed by atoms with Gasteiger partial charge in [-0.2, -0.15) is 18.4 Å². The molecule has 1 aromatic rings. The molecule has 1 aromatic carbocycles. The van der Waals surface area contributed by atoms with Crippen molar-refractivity contribution >= 4 is 22.6 Å². The van der Waals surface area contributed by atoms with Gasteiger partial charge >= 0.3 is 6.18 Å². The predicted molar refractivity (Wildman–Crippen MR) is 61.4 cm³/mol. The molecule has 0 radical (unpaired) electrons. The molecule has 0 aliphatic carbocycles. The monoisotopic (exact) mass is 357 g/mol. The quantitative estimate of drug-likeness (QED) is 0.617. The molecule has 0 atom stereocenters. The zero-order chi connectivity index (χ0) is 13.1. The second-order valence-corrected chi connectivity index (χ2v) is 4.08. The highest BCUT2D eigenvalue weighted by atomic mass is 127. The van der Waals surface area contributed by atoms with Crippen molar-refractivity contribution in [2.24, 2.45) is 0 Å². The Hall–Kier alpha value is -1.01. The third kappa shape index (κ3) is 3.47. The first kappa shape index (κ1) is 14.1. The van der Waals surface area contributed by atoms with Crippen LogP contribution in [0.4, 0.5) is 13.2 Å². The maximum atomic E-state index is 12.5. The Morgan fingerprint density at radius 2 is 2.06 bits per heavy atom. The Kier molecular flexibility index (Phi) is 4.59. The molecule has 0 aromatic heterocycles. The lowest BCUT2D eigenvalue weighted by Crippen LogP contribution is -2.08. The van der Waals surface area contributed by atoms with E-state index in [9.17, 15) is 13.2 Å². The minimum Gasteiger partial charge on any atom is -0.466 e. The fourth-order valence-electron chi connectivity index (χ4n) is 1.07. The molecule has 0 heterocycles. The molecule has 3 nitrogen and oxygen atoms in total. The molecular formula is C10H7F3INO2. The largest absolute Gasteiger partial charge is 0.466 e. The van der Waals surface area contributed by atoms with Crippen LogP contribution in [0.5, 0.6) is 5.75 Å². The molecule has 0 saturated heterocycles. The van der Waals surface area contributed by atoms with Gasteiger partial charge in [-0.15, -0.1) is 0 Å². The van der Waals surface area contributed by atoms with E-state index in [4.69, 9.17) is 10.00 Å². The normalized spacial score (nSPS) is 11.1. The van der Waals surface area contributed by atoms with Crippen molar-refractivity contribution < 1.29 is 22.6 Å². The second kappa shape index (κ2) is 5.55. The fourth-order valence-corrected chi connectivity index (χ4v) is 1.66. The molecule has 0 spiro atoms. The molecule has 0 aliphatic heterocycles. The van der Waals surface area contributed by atoms with Crippen LogP contribution < -0.4 is 4.74 Å². The number of ether oxygens (including phenoxy) is 2. The van der Waals surface area contributed by atoms with Crippen LogP contribution in [0.15, 0.2) is 12.1 Å². The molecule has 7 heteroatoms. The average molecular weight is 357 g/mol. The number of halogens is 4. The lowest BCUT2D eigenvalue weighted by Gasteiger charge is -2.12. The standard InChI is InChI=1S/C10H7F3INO2/c1-16-5-17-8-3-7(10(11,12)13)2-6(4-15)9(8)14/h2-3H,5H2,1H3. The summed E-state index contributed by atoms with van der Waals surface area (Å²) in [6.07, 6.45) is -4.51. The van der Waals surface area contributed by atoms with Gasteiger partial charge in [-0.25, -0.2) is 0 Å². The van der Waals surface area contributed by atoms with Crippen LogP contribution in [0.25, 0.3) is 0 Å². The SMILES string of the molecule is COCOc1cc(C(F)(F)F)cc(C#N)c1I. The first-order valence-corrected chi connectivity index (χ1v) is 5.40. The molecule has 0 amide bonds. The molecule has 0 fully saturated rings. The number of alkyl halides is 3. The minimum atomic E-state index is -4.51. The van der Waals surface area contributed by atoms with Gasteiger partial charge in [0, 0.05) is 7.11 Å². The zero-order valence-electron chi connectivity index (χ0n) is 8.64. The van der Waals surface area contributed by atoms with Crippen molar-refractivity contribution in [1.82, 2.24) is 0 Å². The number of nitrogens with zero attached hydrogens (tertiary/aromatic N) is 1. The van der Waals surface area contributed by atoms with Crippen molar-refractivity contribution in [3.8, 4) is 11.8 Å². The van der Waals surface area contributed by atoms with Crippen molar-refractivity contribution in [2.75, 3.05) is 13.9 Å². The lowest BCUT2D eigenvalue weighted by atomic mass is 10.1. The van der Waals surface area contributed by atoms with E-state index in [1.54, 1.807) is 28.7 Å². The van der Waals surface area contributed by atoms with Crippen LogP contribution >= 0.6 is 22.6 Å². The van der Waals surface area contributed by atoms with Crippen LogP contribution in [0, 0.1) is 14.9 Å². The summed E-state index contributed by atoms with van der Waals surface area (Å²) in [6.45, 7) is -0.178. The van der Waals surface area contributed by atoms with Gasteiger partial charge in [0.25, 0.3) is 0 Å².